The second-order valence-electron chi connectivity index (χ2n) is 6.49. The van der Waals surface area contributed by atoms with Gasteiger partial charge in [-0.2, -0.15) is 0 Å². The summed E-state index contributed by atoms with van der Waals surface area (Å²) in [5, 5.41) is 9.86. The van der Waals surface area contributed by atoms with Crippen molar-refractivity contribution in [1.29, 1.82) is 0 Å². The van der Waals surface area contributed by atoms with E-state index in [1.165, 1.54) is 0 Å². The summed E-state index contributed by atoms with van der Waals surface area (Å²) in [6.07, 6.45) is 6.89. The molecular weight excluding hydrogens is 282 g/mol. The molecule has 5 atom stereocenters. The number of hydrogen-bond acceptors (Lipinski definition) is 5. The van der Waals surface area contributed by atoms with Gasteiger partial charge in [-0.15, -0.1) is 0 Å². The minimum absolute atomic E-state index is 0.0539. The standard InChI is InChI=1S/C17H21NO4/c1-9-2-3-10-6-11(20)4-5-12(10)16(9)15-7-14(18)13(8-19)17(21)22-15/h2-3,7-12,16,20H,4-6,18H2,1H3/t9-,10-,11-,12+,16+/m0/s1. The highest BCUT2D eigenvalue weighted by atomic mass is 16.4. The predicted molar refractivity (Wildman–Crippen MR) is 82.7 cm³/mol. The molecule has 0 aliphatic heterocycles. The van der Waals surface area contributed by atoms with E-state index in [1.54, 1.807) is 6.07 Å². The molecule has 2 aliphatic rings. The van der Waals surface area contributed by atoms with Gasteiger partial charge in [0.2, 0.25) is 0 Å². The summed E-state index contributed by atoms with van der Waals surface area (Å²) in [6, 6.07) is 1.62. The fourth-order valence-electron chi connectivity index (χ4n) is 3.99. The van der Waals surface area contributed by atoms with Crippen molar-refractivity contribution in [2.24, 2.45) is 17.8 Å². The van der Waals surface area contributed by atoms with Gasteiger partial charge in [0.05, 0.1) is 11.8 Å². The summed E-state index contributed by atoms with van der Waals surface area (Å²) in [6.45, 7) is 2.09. The normalized spacial score (nSPS) is 34.2. The van der Waals surface area contributed by atoms with Gasteiger partial charge in [-0.05, 0) is 37.0 Å². The van der Waals surface area contributed by atoms with E-state index in [-0.39, 0.29) is 29.2 Å². The quantitative estimate of drug-likeness (QED) is 0.644. The van der Waals surface area contributed by atoms with E-state index in [0.717, 1.165) is 19.3 Å². The predicted octanol–water partition coefficient (Wildman–Crippen LogP) is 2.10. The Kier molecular flexibility index (Phi) is 3.91. The van der Waals surface area contributed by atoms with Crippen molar-refractivity contribution in [2.45, 2.75) is 38.2 Å². The maximum Gasteiger partial charge on any atom is 0.348 e. The van der Waals surface area contributed by atoms with Gasteiger partial charge in [-0.25, -0.2) is 4.79 Å². The Morgan fingerprint density at radius 2 is 2.14 bits per heavy atom. The van der Waals surface area contributed by atoms with E-state index in [1.807, 2.05) is 0 Å². The molecule has 0 unspecified atom stereocenters. The van der Waals surface area contributed by atoms with E-state index in [9.17, 15) is 14.7 Å². The molecule has 1 fully saturated rings. The summed E-state index contributed by atoms with van der Waals surface area (Å²) in [4.78, 5) is 22.8. The van der Waals surface area contributed by atoms with Crippen LogP contribution in [-0.4, -0.2) is 17.5 Å². The molecule has 3 rings (SSSR count). The van der Waals surface area contributed by atoms with Crippen LogP contribution in [0.15, 0.2) is 27.4 Å². The first-order valence-corrected chi connectivity index (χ1v) is 7.76. The maximum atomic E-state index is 11.9. The Bertz CT molecular complexity index is 663. The van der Waals surface area contributed by atoms with Gasteiger partial charge in [0.15, 0.2) is 6.29 Å². The van der Waals surface area contributed by atoms with Crippen molar-refractivity contribution < 1.29 is 14.3 Å². The Labute approximate surface area is 128 Å². The number of nitrogens with two attached hydrogens (primary N) is 1. The fraction of sp³-hybridized carbons (Fsp3) is 0.529. The summed E-state index contributed by atoms with van der Waals surface area (Å²) in [5.41, 5.74) is 5.22. The smallest absolute Gasteiger partial charge is 0.348 e. The van der Waals surface area contributed by atoms with Gasteiger partial charge in [-0.1, -0.05) is 19.1 Å². The third-order valence-electron chi connectivity index (χ3n) is 5.10. The van der Waals surface area contributed by atoms with Gasteiger partial charge < -0.3 is 15.3 Å². The minimum atomic E-state index is -0.667. The SMILES string of the molecule is C[C@H]1C=C[C@H]2C[C@@H](O)CC[C@H]2[C@@H]1c1cc(N)c(C=O)c(=O)o1. The van der Waals surface area contributed by atoms with Gasteiger partial charge >= 0.3 is 5.63 Å². The highest BCUT2D eigenvalue weighted by Gasteiger charge is 2.40. The molecule has 0 bridgehead atoms. The molecule has 0 radical (unpaired) electrons. The molecule has 1 aromatic heterocycles. The van der Waals surface area contributed by atoms with Gasteiger partial charge in [0, 0.05) is 12.0 Å². The largest absolute Gasteiger partial charge is 0.427 e. The fourth-order valence-corrected chi connectivity index (χ4v) is 3.99. The van der Waals surface area contributed by atoms with Crippen molar-refractivity contribution >= 4 is 12.0 Å². The van der Waals surface area contributed by atoms with Gasteiger partial charge in [0.25, 0.3) is 0 Å². The third kappa shape index (κ3) is 2.50. The Balaban J connectivity index is 2.01. The average Bonchev–Trinajstić information content (AvgIpc) is 2.47. The zero-order chi connectivity index (χ0) is 15.9. The molecule has 118 valence electrons. The molecule has 22 heavy (non-hydrogen) atoms. The number of carbonyl (C=O) groups is 1. The van der Waals surface area contributed by atoms with Crippen LogP contribution in [0.1, 0.15) is 48.2 Å². The summed E-state index contributed by atoms with van der Waals surface area (Å²) in [5.74, 6) is 1.45. The molecule has 0 aromatic carbocycles. The van der Waals surface area contributed by atoms with Crippen LogP contribution in [-0.2, 0) is 0 Å². The van der Waals surface area contributed by atoms with Crippen molar-refractivity contribution in [3.8, 4) is 0 Å². The zero-order valence-electron chi connectivity index (χ0n) is 12.6. The molecule has 5 heteroatoms. The first-order valence-electron chi connectivity index (χ1n) is 7.76. The van der Waals surface area contributed by atoms with Crippen LogP contribution >= 0.6 is 0 Å². The van der Waals surface area contributed by atoms with Crippen LogP contribution in [0.5, 0.6) is 0 Å². The Morgan fingerprint density at radius 1 is 1.36 bits per heavy atom. The first-order chi connectivity index (χ1) is 10.5. The number of aliphatic hydroxyl groups is 1. The Hall–Kier alpha value is -1.88. The van der Waals surface area contributed by atoms with E-state index in [4.69, 9.17) is 10.2 Å². The van der Waals surface area contributed by atoms with E-state index >= 15 is 0 Å². The van der Waals surface area contributed by atoms with Crippen LogP contribution in [0.3, 0.4) is 0 Å². The second kappa shape index (κ2) is 5.72. The molecule has 3 N–H and O–H groups in total. The highest BCUT2D eigenvalue weighted by Crippen LogP contribution is 2.47. The lowest BCUT2D eigenvalue weighted by molar-refractivity contribution is 0.0617. The molecule has 1 saturated carbocycles. The first kappa shape index (κ1) is 15.0. The molecule has 2 aliphatic carbocycles. The number of fused-ring (bicyclic) bond motifs is 1. The van der Waals surface area contributed by atoms with Crippen LogP contribution in [0, 0.1) is 17.8 Å². The van der Waals surface area contributed by atoms with Crippen molar-refractivity contribution in [1.82, 2.24) is 0 Å². The monoisotopic (exact) mass is 303 g/mol. The lowest BCUT2D eigenvalue weighted by atomic mass is 9.64. The van der Waals surface area contributed by atoms with E-state index in [2.05, 4.69) is 19.1 Å². The lowest BCUT2D eigenvalue weighted by Gasteiger charge is -2.42. The molecule has 1 aromatic rings. The second-order valence-corrected chi connectivity index (χ2v) is 6.49. The molecule has 0 saturated heterocycles. The maximum absolute atomic E-state index is 11.9. The average molecular weight is 303 g/mol. The van der Waals surface area contributed by atoms with Crippen LogP contribution < -0.4 is 11.4 Å². The molecule has 5 nitrogen and oxygen atoms in total. The molecular formula is C17H21NO4. The molecule has 1 heterocycles. The number of nitrogen functional groups attached to an aromatic ring is 1. The molecule has 0 spiro atoms. The number of aliphatic hydroxyl groups excluding tert-OH is 1. The van der Waals surface area contributed by atoms with Gasteiger partial charge in [-0.3, -0.25) is 4.79 Å². The number of aldehydes is 1. The number of rotatable bonds is 2. The van der Waals surface area contributed by atoms with Crippen molar-refractivity contribution in [2.75, 3.05) is 5.73 Å². The lowest BCUT2D eigenvalue weighted by Crippen LogP contribution is -2.35. The minimum Gasteiger partial charge on any atom is -0.427 e. The number of hydrogen-bond donors (Lipinski definition) is 2. The summed E-state index contributed by atoms with van der Waals surface area (Å²) >= 11 is 0. The van der Waals surface area contributed by atoms with Crippen LogP contribution in [0.2, 0.25) is 0 Å². The van der Waals surface area contributed by atoms with Crippen molar-refractivity contribution in [3.05, 3.63) is 40.0 Å². The Morgan fingerprint density at radius 3 is 2.82 bits per heavy atom. The summed E-state index contributed by atoms with van der Waals surface area (Å²) < 4.78 is 5.40. The van der Waals surface area contributed by atoms with E-state index in [0.29, 0.717) is 23.9 Å². The topological polar surface area (TPSA) is 93.5 Å². The van der Waals surface area contributed by atoms with Crippen molar-refractivity contribution in [3.63, 3.8) is 0 Å². The van der Waals surface area contributed by atoms with Crippen LogP contribution in [0.4, 0.5) is 5.69 Å². The zero-order valence-corrected chi connectivity index (χ0v) is 12.6. The third-order valence-corrected chi connectivity index (χ3v) is 5.10. The number of carbonyl (C=O) groups excluding carboxylic acids is 1. The van der Waals surface area contributed by atoms with Gasteiger partial charge in [0.1, 0.15) is 11.3 Å². The van der Waals surface area contributed by atoms with E-state index < -0.39 is 5.63 Å². The van der Waals surface area contributed by atoms with Crippen LogP contribution in [0.25, 0.3) is 0 Å². The number of allylic oxidation sites excluding steroid dienone is 2. The molecule has 0 amide bonds. The highest BCUT2D eigenvalue weighted by molar-refractivity contribution is 5.82. The summed E-state index contributed by atoms with van der Waals surface area (Å²) in [7, 11) is 0. The number of anilines is 1.